The highest BCUT2D eigenvalue weighted by molar-refractivity contribution is 8.93. The molecule has 0 unspecified atom stereocenters. The summed E-state index contributed by atoms with van der Waals surface area (Å²) >= 11 is 0. The van der Waals surface area contributed by atoms with E-state index in [2.05, 4.69) is 80.8 Å². The fourth-order valence-electron chi connectivity index (χ4n) is 3.79. The van der Waals surface area contributed by atoms with Crippen LogP contribution in [0.25, 0.3) is 0 Å². The van der Waals surface area contributed by atoms with E-state index in [-0.39, 0.29) is 84.9 Å². The number of hydrogen-bond acceptors (Lipinski definition) is 5. The molecule has 35 heavy (non-hydrogen) atoms. The minimum atomic E-state index is 0. The first-order valence-corrected chi connectivity index (χ1v) is 11.6. The Labute approximate surface area is 265 Å². The van der Waals surface area contributed by atoms with E-state index in [1.54, 1.807) is 0 Å². The summed E-state index contributed by atoms with van der Waals surface area (Å²) in [6, 6.07) is 19.7. The average Bonchev–Trinajstić information content (AvgIpc) is 2.78. The van der Waals surface area contributed by atoms with E-state index in [4.69, 9.17) is 0 Å². The van der Waals surface area contributed by atoms with Crippen LogP contribution in [0.2, 0.25) is 0 Å². The van der Waals surface area contributed by atoms with Crippen molar-refractivity contribution in [2.45, 2.75) is 32.5 Å². The average molecular weight is 814 g/mol. The number of rotatable bonds is 6. The van der Waals surface area contributed by atoms with Crippen LogP contribution >= 0.6 is 84.9 Å². The summed E-state index contributed by atoms with van der Waals surface area (Å²) in [5.41, 5.74) is 4.07. The van der Waals surface area contributed by atoms with Gasteiger partial charge in [0, 0.05) is 45.8 Å². The SMILES string of the molecule is Br.Br.Br.Br.Br.c1ccc(CNCc2ccc(CN3CCCNCCNCCCNCC3)cc2)cc1. The van der Waals surface area contributed by atoms with Gasteiger partial charge in [0.1, 0.15) is 0 Å². The van der Waals surface area contributed by atoms with Crippen molar-refractivity contribution in [2.75, 3.05) is 52.4 Å². The predicted octanol–water partition coefficient (Wildman–Crippen LogP) is 5.23. The molecule has 0 aliphatic carbocycles. The van der Waals surface area contributed by atoms with Crippen molar-refractivity contribution in [3.05, 3.63) is 71.3 Å². The lowest BCUT2D eigenvalue weighted by Crippen LogP contribution is -2.36. The fourth-order valence-corrected chi connectivity index (χ4v) is 3.79. The van der Waals surface area contributed by atoms with E-state index >= 15 is 0 Å². The monoisotopic (exact) mass is 809 g/mol. The summed E-state index contributed by atoms with van der Waals surface area (Å²) in [6.45, 7) is 11.6. The van der Waals surface area contributed by atoms with Gasteiger partial charge in [-0.25, -0.2) is 0 Å². The lowest BCUT2D eigenvalue weighted by atomic mass is 10.1. The van der Waals surface area contributed by atoms with Crippen molar-refractivity contribution in [1.82, 2.24) is 26.2 Å². The van der Waals surface area contributed by atoms with Gasteiger partial charge in [-0.2, -0.15) is 0 Å². The molecule has 4 N–H and O–H groups in total. The Morgan fingerprint density at radius 3 is 1.69 bits per heavy atom. The van der Waals surface area contributed by atoms with Gasteiger partial charge >= 0.3 is 0 Å². The summed E-state index contributed by atoms with van der Waals surface area (Å²) < 4.78 is 0. The van der Waals surface area contributed by atoms with Crippen LogP contribution in [0.5, 0.6) is 0 Å². The molecule has 10 heteroatoms. The van der Waals surface area contributed by atoms with Gasteiger partial charge in [-0.05, 0) is 55.7 Å². The first-order chi connectivity index (χ1) is 14.9. The van der Waals surface area contributed by atoms with E-state index in [0.717, 1.165) is 72.0 Å². The topological polar surface area (TPSA) is 51.4 Å². The highest BCUT2D eigenvalue weighted by Gasteiger charge is 2.07. The molecular weight excluding hydrogens is 770 g/mol. The number of halogens is 5. The van der Waals surface area contributed by atoms with Gasteiger partial charge in [0.2, 0.25) is 0 Å². The molecule has 1 fully saturated rings. The van der Waals surface area contributed by atoms with Crippen molar-refractivity contribution in [3.63, 3.8) is 0 Å². The molecular formula is C25H44Br5N5. The molecule has 0 aromatic heterocycles. The van der Waals surface area contributed by atoms with Crippen molar-refractivity contribution in [2.24, 2.45) is 0 Å². The molecule has 0 saturated carbocycles. The molecule has 0 spiro atoms. The van der Waals surface area contributed by atoms with Crippen LogP contribution in [0.15, 0.2) is 54.6 Å². The first-order valence-electron chi connectivity index (χ1n) is 11.6. The molecule has 1 aliphatic rings. The maximum absolute atomic E-state index is 3.60. The molecule has 0 amide bonds. The molecule has 1 aliphatic heterocycles. The molecule has 204 valence electrons. The predicted molar refractivity (Wildman–Crippen MR) is 178 cm³/mol. The van der Waals surface area contributed by atoms with Crippen LogP contribution in [0.4, 0.5) is 0 Å². The van der Waals surface area contributed by atoms with Crippen LogP contribution in [0.3, 0.4) is 0 Å². The molecule has 2 aromatic carbocycles. The Morgan fingerprint density at radius 2 is 1.06 bits per heavy atom. The molecule has 0 atom stereocenters. The van der Waals surface area contributed by atoms with Crippen LogP contribution in [0.1, 0.15) is 29.5 Å². The Balaban J connectivity index is -0.00000205. The van der Waals surface area contributed by atoms with Crippen LogP contribution in [-0.4, -0.2) is 57.3 Å². The van der Waals surface area contributed by atoms with E-state index in [9.17, 15) is 0 Å². The van der Waals surface area contributed by atoms with Crippen LogP contribution < -0.4 is 21.3 Å². The number of benzene rings is 2. The van der Waals surface area contributed by atoms with Crippen LogP contribution in [0, 0.1) is 0 Å². The summed E-state index contributed by atoms with van der Waals surface area (Å²) in [5, 5.41) is 14.2. The fraction of sp³-hybridized carbons (Fsp3) is 0.520. The number of nitrogens with one attached hydrogen (secondary N) is 4. The lowest BCUT2D eigenvalue weighted by Gasteiger charge is -2.23. The maximum atomic E-state index is 3.60. The number of nitrogens with zero attached hydrogens (tertiary/aromatic N) is 1. The summed E-state index contributed by atoms with van der Waals surface area (Å²) in [4.78, 5) is 2.58. The van der Waals surface area contributed by atoms with Crippen molar-refractivity contribution >= 4 is 84.9 Å². The van der Waals surface area contributed by atoms with E-state index in [1.807, 2.05) is 0 Å². The Hall–Kier alpha value is 0.640. The van der Waals surface area contributed by atoms with Gasteiger partial charge in [-0.15, -0.1) is 84.9 Å². The van der Waals surface area contributed by atoms with Crippen molar-refractivity contribution in [3.8, 4) is 0 Å². The second kappa shape index (κ2) is 26.3. The lowest BCUT2D eigenvalue weighted by molar-refractivity contribution is 0.260. The van der Waals surface area contributed by atoms with Gasteiger partial charge in [0.15, 0.2) is 0 Å². The largest absolute Gasteiger partial charge is 0.315 e. The van der Waals surface area contributed by atoms with E-state index in [1.165, 1.54) is 29.5 Å². The highest BCUT2D eigenvalue weighted by Crippen LogP contribution is 2.09. The van der Waals surface area contributed by atoms with Crippen molar-refractivity contribution < 1.29 is 0 Å². The quantitative estimate of drug-likeness (QED) is 0.323. The second-order valence-corrected chi connectivity index (χ2v) is 8.14. The third-order valence-corrected chi connectivity index (χ3v) is 5.55. The maximum Gasteiger partial charge on any atom is 0.0234 e. The Morgan fingerprint density at radius 1 is 0.543 bits per heavy atom. The molecule has 1 heterocycles. The van der Waals surface area contributed by atoms with Crippen molar-refractivity contribution in [1.29, 1.82) is 0 Å². The Kier molecular flexibility index (Phi) is 30.1. The smallest absolute Gasteiger partial charge is 0.0234 e. The highest BCUT2D eigenvalue weighted by atomic mass is 79.9. The number of hydrogen-bond donors (Lipinski definition) is 4. The minimum Gasteiger partial charge on any atom is -0.315 e. The zero-order valence-electron chi connectivity index (χ0n) is 20.4. The molecule has 5 nitrogen and oxygen atoms in total. The zero-order chi connectivity index (χ0) is 20.7. The van der Waals surface area contributed by atoms with E-state index < -0.39 is 0 Å². The third kappa shape index (κ3) is 18.5. The standard InChI is InChI=1S/C25H39N5.5BrH/c1-2-6-23(7-3-1)20-29-21-24-8-10-25(11-9-24)22-30-18-5-14-27-16-15-26-12-4-13-28-17-19-30;;;;;/h1-3,6-11,26-29H,4-5,12-22H2;5*1H. The van der Waals surface area contributed by atoms with Gasteiger partial charge in [0.25, 0.3) is 0 Å². The molecule has 2 aromatic rings. The van der Waals surface area contributed by atoms with Crippen LogP contribution in [-0.2, 0) is 19.6 Å². The Bertz CT molecular complexity index is 680. The summed E-state index contributed by atoms with van der Waals surface area (Å²) in [5.74, 6) is 0. The third-order valence-electron chi connectivity index (χ3n) is 5.55. The van der Waals surface area contributed by atoms with Gasteiger partial charge < -0.3 is 21.3 Å². The molecule has 3 rings (SSSR count). The summed E-state index contributed by atoms with van der Waals surface area (Å²) in [7, 11) is 0. The summed E-state index contributed by atoms with van der Waals surface area (Å²) in [6.07, 6.45) is 2.39. The normalized spacial score (nSPS) is 15.4. The van der Waals surface area contributed by atoms with E-state index in [0.29, 0.717) is 0 Å². The van der Waals surface area contributed by atoms with Gasteiger partial charge in [-0.1, -0.05) is 54.6 Å². The molecule has 0 radical (unpaired) electrons. The minimum absolute atomic E-state index is 0. The second-order valence-electron chi connectivity index (χ2n) is 8.14. The zero-order valence-corrected chi connectivity index (χ0v) is 28.9. The molecule has 0 bridgehead atoms. The molecule has 1 saturated heterocycles. The first kappa shape index (κ1) is 40.1. The van der Waals surface area contributed by atoms with Gasteiger partial charge in [0.05, 0.1) is 0 Å². The van der Waals surface area contributed by atoms with Gasteiger partial charge in [-0.3, -0.25) is 4.90 Å².